The molecule has 3 nitrogen and oxygen atoms in total. The molecular weight excluding hydrogens is 382 g/mol. The Morgan fingerprint density at radius 1 is 1.33 bits per heavy atom. The van der Waals surface area contributed by atoms with Gasteiger partial charge in [0, 0.05) is 10.0 Å². The number of rotatable bonds is 3. The summed E-state index contributed by atoms with van der Waals surface area (Å²) in [6.45, 7) is 0. The van der Waals surface area contributed by atoms with Gasteiger partial charge in [0.15, 0.2) is 0 Å². The second-order valence-corrected chi connectivity index (χ2v) is 6.74. The number of hydrogen-bond acceptors (Lipinski definition) is 4. The first-order chi connectivity index (χ1) is 8.52. The Balaban J connectivity index is 2.39. The predicted octanol–water partition coefficient (Wildman–Crippen LogP) is 4.09. The smallest absolute Gasteiger partial charge is 0.203 e. The van der Waals surface area contributed by atoms with Gasteiger partial charge in [-0.2, -0.15) is 0 Å². The van der Waals surface area contributed by atoms with Crippen molar-refractivity contribution >= 4 is 54.7 Å². The van der Waals surface area contributed by atoms with Gasteiger partial charge in [0.05, 0.1) is 21.5 Å². The monoisotopic (exact) mass is 389 g/mol. The third-order valence-electron chi connectivity index (χ3n) is 2.36. The summed E-state index contributed by atoms with van der Waals surface area (Å²) in [7, 11) is 1.53. The van der Waals surface area contributed by atoms with Gasteiger partial charge in [0.25, 0.3) is 0 Å². The number of nitrogens with two attached hydrogens (primary N) is 1. The number of ketones is 1. The van der Waals surface area contributed by atoms with E-state index in [1.54, 1.807) is 24.3 Å². The molecule has 94 valence electrons. The largest absolute Gasteiger partial charge is 0.495 e. The van der Waals surface area contributed by atoms with E-state index in [0.717, 1.165) is 8.26 Å². The number of benzene rings is 1. The van der Waals surface area contributed by atoms with Gasteiger partial charge in [0.2, 0.25) is 5.78 Å². The summed E-state index contributed by atoms with van der Waals surface area (Å²) in [5.74, 6) is 0.459. The Bertz CT molecular complexity index is 591. The summed E-state index contributed by atoms with van der Waals surface area (Å²) in [4.78, 5) is 12.9. The van der Waals surface area contributed by atoms with Gasteiger partial charge in [0.1, 0.15) is 5.75 Å². The zero-order valence-electron chi connectivity index (χ0n) is 9.37. The molecular formula is C12H9Br2NO2S. The molecule has 0 saturated heterocycles. The maximum absolute atomic E-state index is 12.3. The summed E-state index contributed by atoms with van der Waals surface area (Å²) in [6, 6.07) is 6.81. The number of carbonyl (C=O) groups excluding carboxylic acids is 1. The molecule has 0 bridgehead atoms. The van der Waals surface area contributed by atoms with Crippen LogP contribution in [0.2, 0.25) is 0 Å². The van der Waals surface area contributed by atoms with E-state index in [4.69, 9.17) is 10.5 Å². The quantitative estimate of drug-likeness (QED) is 0.634. The van der Waals surface area contributed by atoms with E-state index in [9.17, 15) is 4.79 Å². The van der Waals surface area contributed by atoms with Crippen LogP contribution in [0.15, 0.2) is 32.5 Å². The van der Waals surface area contributed by atoms with Crippen LogP contribution in [0.4, 0.5) is 5.69 Å². The Morgan fingerprint density at radius 2 is 2.06 bits per heavy atom. The van der Waals surface area contributed by atoms with Gasteiger partial charge in [-0.15, -0.1) is 11.3 Å². The lowest BCUT2D eigenvalue weighted by Gasteiger charge is -2.05. The number of ether oxygens (including phenoxy) is 1. The third kappa shape index (κ3) is 2.60. The normalized spacial score (nSPS) is 10.4. The van der Waals surface area contributed by atoms with E-state index in [1.807, 2.05) is 0 Å². The second kappa shape index (κ2) is 5.42. The van der Waals surface area contributed by atoms with Crippen LogP contribution in [0, 0.1) is 0 Å². The minimum absolute atomic E-state index is 0.0512. The molecule has 2 aromatic rings. The molecule has 1 aromatic heterocycles. The fourth-order valence-corrected chi connectivity index (χ4v) is 3.45. The first kappa shape index (κ1) is 13.6. The fourth-order valence-electron chi connectivity index (χ4n) is 1.45. The standard InChI is InChI=1S/C12H9Br2NO2S/c1-17-9-4-6(2-3-8(9)15)11(16)10-5-7(13)12(14)18-10/h2-5H,15H2,1H3. The average Bonchev–Trinajstić information content (AvgIpc) is 2.69. The van der Waals surface area contributed by atoms with E-state index in [1.165, 1.54) is 18.4 Å². The van der Waals surface area contributed by atoms with Crippen LogP contribution in [-0.4, -0.2) is 12.9 Å². The van der Waals surface area contributed by atoms with Crippen molar-refractivity contribution in [3.63, 3.8) is 0 Å². The van der Waals surface area contributed by atoms with Crippen molar-refractivity contribution in [2.45, 2.75) is 0 Å². The van der Waals surface area contributed by atoms with Gasteiger partial charge in [-0.3, -0.25) is 4.79 Å². The van der Waals surface area contributed by atoms with E-state index in [-0.39, 0.29) is 5.78 Å². The highest BCUT2D eigenvalue weighted by Gasteiger charge is 2.15. The highest BCUT2D eigenvalue weighted by Crippen LogP contribution is 2.34. The van der Waals surface area contributed by atoms with Crippen LogP contribution < -0.4 is 10.5 Å². The Morgan fingerprint density at radius 3 is 2.61 bits per heavy atom. The van der Waals surface area contributed by atoms with Crippen LogP contribution in [-0.2, 0) is 0 Å². The summed E-state index contributed by atoms with van der Waals surface area (Å²) >= 11 is 8.12. The van der Waals surface area contributed by atoms with E-state index in [0.29, 0.717) is 21.9 Å². The highest BCUT2D eigenvalue weighted by atomic mass is 79.9. The second-order valence-electron chi connectivity index (χ2n) is 3.52. The molecule has 2 N–H and O–H groups in total. The van der Waals surface area contributed by atoms with Crippen LogP contribution in [0.3, 0.4) is 0 Å². The molecule has 0 radical (unpaired) electrons. The van der Waals surface area contributed by atoms with Crippen molar-refractivity contribution in [2.75, 3.05) is 12.8 Å². The molecule has 0 atom stereocenters. The third-order valence-corrected chi connectivity index (χ3v) is 5.62. The van der Waals surface area contributed by atoms with Crippen LogP contribution >= 0.6 is 43.2 Å². The number of halogens is 2. The molecule has 0 aliphatic heterocycles. The fraction of sp³-hybridized carbons (Fsp3) is 0.0833. The predicted molar refractivity (Wildman–Crippen MR) is 80.6 cm³/mol. The molecule has 1 aromatic carbocycles. The number of hydrogen-bond donors (Lipinski definition) is 1. The topological polar surface area (TPSA) is 52.3 Å². The van der Waals surface area contributed by atoms with E-state index >= 15 is 0 Å². The number of anilines is 1. The summed E-state index contributed by atoms with van der Waals surface area (Å²) < 4.78 is 6.88. The SMILES string of the molecule is COc1cc(C(=O)c2cc(Br)c(Br)s2)ccc1N. The Labute approximate surface area is 125 Å². The highest BCUT2D eigenvalue weighted by molar-refractivity contribution is 9.13. The van der Waals surface area contributed by atoms with Gasteiger partial charge in [-0.1, -0.05) is 0 Å². The van der Waals surface area contributed by atoms with Crippen LogP contribution in [0.5, 0.6) is 5.75 Å². The maximum atomic E-state index is 12.3. The van der Waals surface area contributed by atoms with Crippen molar-refractivity contribution in [1.82, 2.24) is 0 Å². The van der Waals surface area contributed by atoms with Crippen molar-refractivity contribution in [1.29, 1.82) is 0 Å². The lowest BCUT2D eigenvalue weighted by atomic mass is 10.1. The minimum atomic E-state index is -0.0512. The molecule has 1 heterocycles. The van der Waals surface area contributed by atoms with Crippen molar-refractivity contribution in [3.8, 4) is 5.75 Å². The van der Waals surface area contributed by atoms with Gasteiger partial charge in [-0.25, -0.2) is 0 Å². The average molecular weight is 391 g/mol. The molecule has 18 heavy (non-hydrogen) atoms. The van der Waals surface area contributed by atoms with Gasteiger partial charge < -0.3 is 10.5 Å². The summed E-state index contributed by atoms with van der Waals surface area (Å²) in [5, 5.41) is 0. The van der Waals surface area contributed by atoms with Gasteiger partial charge in [-0.05, 0) is 56.1 Å². The van der Waals surface area contributed by atoms with Crippen LogP contribution in [0.25, 0.3) is 0 Å². The maximum Gasteiger partial charge on any atom is 0.203 e. The first-order valence-electron chi connectivity index (χ1n) is 4.96. The number of carbonyl (C=O) groups is 1. The molecule has 0 amide bonds. The summed E-state index contributed by atoms with van der Waals surface area (Å²) in [5.41, 5.74) is 6.79. The van der Waals surface area contributed by atoms with Gasteiger partial charge >= 0.3 is 0 Å². The molecule has 0 saturated carbocycles. The number of nitrogen functional groups attached to an aromatic ring is 1. The zero-order valence-corrected chi connectivity index (χ0v) is 13.4. The molecule has 0 aliphatic rings. The molecule has 6 heteroatoms. The lowest BCUT2D eigenvalue weighted by Crippen LogP contribution is -2.00. The zero-order chi connectivity index (χ0) is 13.3. The first-order valence-corrected chi connectivity index (χ1v) is 7.36. The lowest BCUT2D eigenvalue weighted by molar-refractivity contribution is 0.104. The summed E-state index contributed by atoms with van der Waals surface area (Å²) in [6.07, 6.45) is 0. The van der Waals surface area contributed by atoms with Crippen molar-refractivity contribution in [3.05, 3.63) is 43.0 Å². The molecule has 2 rings (SSSR count). The molecule has 0 fully saturated rings. The van der Waals surface area contributed by atoms with E-state index in [2.05, 4.69) is 31.9 Å². The van der Waals surface area contributed by atoms with Crippen molar-refractivity contribution < 1.29 is 9.53 Å². The van der Waals surface area contributed by atoms with Crippen molar-refractivity contribution in [2.24, 2.45) is 0 Å². The number of thiophene rings is 1. The number of methoxy groups -OCH3 is 1. The molecule has 0 unspecified atom stereocenters. The molecule has 0 aliphatic carbocycles. The Kier molecular flexibility index (Phi) is 4.09. The minimum Gasteiger partial charge on any atom is -0.495 e. The van der Waals surface area contributed by atoms with E-state index < -0.39 is 0 Å². The Hall–Kier alpha value is -0.850. The molecule has 0 spiro atoms. The van der Waals surface area contributed by atoms with Crippen LogP contribution in [0.1, 0.15) is 15.2 Å².